The van der Waals surface area contributed by atoms with Crippen LogP contribution in [0.25, 0.3) is 10.8 Å². The van der Waals surface area contributed by atoms with Crippen LogP contribution in [0.1, 0.15) is 24.2 Å². The Morgan fingerprint density at radius 2 is 1.76 bits per heavy atom. The smallest absolute Gasteiger partial charge is 0.339 e. The quantitative estimate of drug-likeness (QED) is 0.601. The van der Waals surface area contributed by atoms with E-state index >= 15 is 0 Å². The summed E-state index contributed by atoms with van der Waals surface area (Å²) in [6, 6.07) is 18.1. The van der Waals surface area contributed by atoms with Crippen molar-refractivity contribution in [1.82, 2.24) is 0 Å². The number of hydrogen-bond donors (Lipinski definition) is 1. The van der Waals surface area contributed by atoms with Gasteiger partial charge in [0.05, 0.1) is 19.3 Å². The molecule has 0 unspecified atom stereocenters. The number of carbonyl (C=O) groups excluding carboxylic acids is 2. The SMILES string of the molecule is CCOc1ccc(C(=O)O[C@H](C)C(=O)Nc2cccc3ccccc23)cc1OC. The zero-order valence-corrected chi connectivity index (χ0v) is 16.6. The molecule has 0 spiro atoms. The van der Waals surface area contributed by atoms with Crippen LogP contribution < -0.4 is 14.8 Å². The first-order chi connectivity index (χ1) is 14.0. The number of benzene rings is 3. The molecule has 0 saturated heterocycles. The van der Waals surface area contributed by atoms with Crippen molar-refractivity contribution in [1.29, 1.82) is 0 Å². The van der Waals surface area contributed by atoms with E-state index in [1.165, 1.54) is 20.1 Å². The molecule has 3 aromatic carbocycles. The molecule has 1 atom stereocenters. The molecule has 0 saturated carbocycles. The van der Waals surface area contributed by atoms with Crippen molar-refractivity contribution in [3.05, 3.63) is 66.2 Å². The summed E-state index contributed by atoms with van der Waals surface area (Å²) in [6.07, 6.45) is -0.973. The van der Waals surface area contributed by atoms with Gasteiger partial charge < -0.3 is 19.5 Å². The average molecular weight is 393 g/mol. The molecular formula is C23H23NO5. The number of rotatable bonds is 7. The maximum atomic E-state index is 12.6. The Bertz CT molecular complexity index is 1030. The third-order valence-electron chi connectivity index (χ3n) is 4.40. The van der Waals surface area contributed by atoms with Crippen LogP contribution in [0.15, 0.2) is 60.7 Å². The first-order valence-electron chi connectivity index (χ1n) is 9.34. The maximum Gasteiger partial charge on any atom is 0.339 e. The van der Waals surface area contributed by atoms with E-state index < -0.39 is 18.0 Å². The Labute approximate surface area is 169 Å². The van der Waals surface area contributed by atoms with Crippen molar-refractivity contribution in [2.45, 2.75) is 20.0 Å². The topological polar surface area (TPSA) is 73.9 Å². The summed E-state index contributed by atoms with van der Waals surface area (Å²) in [4.78, 5) is 25.0. The Kier molecular flexibility index (Phi) is 6.34. The standard InChI is InChI=1S/C23H23NO5/c1-4-28-20-13-12-17(14-21(20)27-3)23(26)29-15(2)22(25)24-19-11-7-9-16-8-5-6-10-18(16)19/h5-15H,4H2,1-3H3,(H,24,25)/t15-/m1/s1. The molecule has 29 heavy (non-hydrogen) atoms. The summed E-state index contributed by atoms with van der Waals surface area (Å²) >= 11 is 0. The Morgan fingerprint density at radius 3 is 2.52 bits per heavy atom. The Balaban J connectivity index is 1.70. The van der Waals surface area contributed by atoms with Crippen molar-refractivity contribution in [2.75, 3.05) is 19.0 Å². The summed E-state index contributed by atoms with van der Waals surface area (Å²) in [5.74, 6) is -0.0676. The highest BCUT2D eigenvalue weighted by molar-refractivity contribution is 6.04. The van der Waals surface area contributed by atoms with Crippen LogP contribution in [0.4, 0.5) is 5.69 Å². The lowest BCUT2D eigenvalue weighted by atomic mass is 10.1. The van der Waals surface area contributed by atoms with E-state index in [1.54, 1.807) is 12.1 Å². The van der Waals surface area contributed by atoms with Crippen LogP contribution in [-0.2, 0) is 9.53 Å². The fourth-order valence-electron chi connectivity index (χ4n) is 2.92. The summed E-state index contributed by atoms with van der Waals surface area (Å²) in [5, 5.41) is 4.75. The molecule has 0 bridgehead atoms. The average Bonchev–Trinajstić information content (AvgIpc) is 2.74. The molecule has 0 fully saturated rings. The van der Waals surface area contributed by atoms with Gasteiger partial charge in [0.2, 0.25) is 0 Å². The predicted molar refractivity (Wildman–Crippen MR) is 112 cm³/mol. The Hall–Kier alpha value is -3.54. The summed E-state index contributed by atoms with van der Waals surface area (Å²) in [7, 11) is 1.49. The van der Waals surface area contributed by atoms with Gasteiger partial charge in [-0.15, -0.1) is 0 Å². The second kappa shape index (κ2) is 9.10. The predicted octanol–water partition coefficient (Wildman–Crippen LogP) is 4.43. The van der Waals surface area contributed by atoms with E-state index in [4.69, 9.17) is 14.2 Å². The molecule has 0 aliphatic carbocycles. The summed E-state index contributed by atoms with van der Waals surface area (Å²) in [6.45, 7) is 3.87. The molecule has 1 N–H and O–H groups in total. The van der Waals surface area contributed by atoms with Gasteiger partial charge in [-0.05, 0) is 43.5 Å². The number of anilines is 1. The first kappa shape index (κ1) is 20.2. The monoisotopic (exact) mass is 393 g/mol. The fourth-order valence-corrected chi connectivity index (χ4v) is 2.92. The van der Waals surface area contributed by atoms with Crippen molar-refractivity contribution < 1.29 is 23.8 Å². The third kappa shape index (κ3) is 4.66. The highest BCUT2D eigenvalue weighted by Crippen LogP contribution is 2.28. The van der Waals surface area contributed by atoms with Crippen LogP contribution in [-0.4, -0.2) is 31.7 Å². The maximum absolute atomic E-state index is 12.6. The lowest BCUT2D eigenvalue weighted by Crippen LogP contribution is -2.30. The highest BCUT2D eigenvalue weighted by atomic mass is 16.5. The van der Waals surface area contributed by atoms with Gasteiger partial charge in [-0.1, -0.05) is 36.4 Å². The molecule has 0 aromatic heterocycles. The van der Waals surface area contributed by atoms with Crippen molar-refractivity contribution in [3.8, 4) is 11.5 Å². The minimum absolute atomic E-state index is 0.273. The van der Waals surface area contributed by atoms with Crippen molar-refractivity contribution in [2.24, 2.45) is 0 Å². The van der Waals surface area contributed by atoms with E-state index in [0.29, 0.717) is 23.8 Å². The van der Waals surface area contributed by atoms with E-state index in [9.17, 15) is 9.59 Å². The van der Waals surface area contributed by atoms with E-state index in [1.807, 2.05) is 49.4 Å². The molecule has 3 rings (SSSR count). The molecular weight excluding hydrogens is 370 g/mol. The molecule has 0 heterocycles. The van der Waals surface area contributed by atoms with Crippen LogP contribution in [0.3, 0.4) is 0 Å². The number of nitrogens with one attached hydrogen (secondary N) is 1. The van der Waals surface area contributed by atoms with Gasteiger partial charge in [0.1, 0.15) is 0 Å². The van der Waals surface area contributed by atoms with E-state index in [2.05, 4.69) is 5.32 Å². The zero-order valence-electron chi connectivity index (χ0n) is 16.6. The lowest BCUT2D eigenvalue weighted by Gasteiger charge is -2.15. The third-order valence-corrected chi connectivity index (χ3v) is 4.40. The minimum atomic E-state index is -0.973. The number of hydrogen-bond acceptors (Lipinski definition) is 5. The second-order valence-corrected chi connectivity index (χ2v) is 6.36. The van der Waals surface area contributed by atoms with Gasteiger partial charge in [0.25, 0.3) is 5.91 Å². The molecule has 0 aliphatic rings. The number of carbonyl (C=O) groups is 2. The van der Waals surface area contributed by atoms with E-state index in [0.717, 1.165) is 10.8 Å². The van der Waals surface area contributed by atoms with Gasteiger partial charge in [-0.25, -0.2) is 4.79 Å². The zero-order chi connectivity index (χ0) is 20.8. The number of esters is 1. The van der Waals surface area contributed by atoms with Crippen LogP contribution in [0.5, 0.6) is 11.5 Å². The number of amides is 1. The molecule has 3 aromatic rings. The molecule has 1 amide bonds. The number of ether oxygens (including phenoxy) is 3. The van der Waals surface area contributed by atoms with Crippen molar-refractivity contribution in [3.63, 3.8) is 0 Å². The summed E-state index contributed by atoms with van der Waals surface area (Å²) < 4.78 is 16.0. The molecule has 150 valence electrons. The fraction of sp³-hybridized carbons (Fsp3) is 0.217. The van der Waals surface area contributed by atoms with Crippen LogP contribution in [0, 0.1) is 0 Å². The van der Waals surface area contributed by atoms with Gasteiger partial charge in [0, 0.05) is 11.1 Å². The molecule has 0 radical (unpaired) electrons. The van der Waals surface area contributed by atoms with Gasteiger partial charge in [-0.2, -0.15) is 0 Å². The van der Waals surface area contributed by atoms with Crippen LogP contribution >= 0.6 is 0 Å². The number of methoxy groups -OCH3 is 1. The normalized spacial score (nSPS) is 11.6. The first-order valence-corrected chi connectivity index (χ1v) is 9.34. The molecule has 6 nitrogen and oxygen atoms in total. The number of fused-ring (bicyclic) bond motifs is 1. The Morgan fingerprint density at radius 1 is 1.00 bits per heavy atom. The van der Waals surface area contributed by atoms with Crippen molar-refractivity contribution >= 4 is 28.3 Å². The van der Waals surface area contributed by atoms with Gasteiger partial charge in [-0.3, -0.25) is 4.79 Å². The lowest BCUT2D eigenvalue weighted by molar-refractivity contribution is -0.123. The minimum Gasteiger partial charge on any atom is -0.493 e. The largest absolute Gasteiger partial charge is 0.493 e. The second-order valence-electron chi connectivity index (χ2n) is 6.36. The van der Waals surface area contributed by atoms with E-state index in [-0.39, 0.29) is 5.56 Å². The van der Waals surface area contributed by atoms with Gasteiger partial charge >= 0.3 is 5.97 Å². The molecule has 6 heteroatoms. The van der Waals surface area contributed by atoms with Gasteiger partial charge in [0.15, 0.2) is 17.6 Å². The summed E-state index contributed by atoms with van der Waals surface area (Å²) in [5.41, 5.74) is 0.939. The molecule has 0 aliphatic heterocycles. The highest BCUT2D eigenvalue weighted by Gasteiger charge is 2.21. The van der Waals surface area contributed by atoms with Crippen LogP contribution in [0.2, 0.25) is 0 Å².